The van der Waals surface area contributed by atoms with E-state index in [1.807, 2.05) is 24.2 Å². The summed E-state index contributed by atoms with van der Waals surface area (Å²) in [5, 5.41) is 3.55. The van der Waals surface area contributed by atoms with Crippen molar-refractivity contribution in [1.82, 2.24) is 10.3 Å². The zero-order chi connectivity index (χ0) is 10.6. The molecule has 0 radical (unpaired) electrons. The van der Waals surface area contributed by atoms with Crippen LogP contribution >= 0.6 is 11.8 Å². The number of nitrogens with one attached hydrogen (secondary N) is 1. The summed E-state index contributed by atoms with van der Waals surface area (Å²) < 4.78 is 0.582. The van der Waals surface area contributed by atoms with Crippen molar-refractivity contribution in [1.29, 1.82) is 0 Å². The van der Waals surface area contributed by atoms with E-state index in [9.17, 15) is 0 Å². The molecule has 82 valence electrons. The minimum absolute atomic E-state index is 0.582. The van der Waals surface area contributed by atoms with Crippen LogP contribution in [0.3, 0.4) is 0 Å². The van der Waals surface area contributed by atoms with Crippen molar-refractivity contribution < 1.29 is 0 Å². The van der Waals surface area contributed by atoms with E-state index in [2.05, 4.69) is 28.7 Å². The molecular formula is C12H18N2S. The highest BCUT2D eigenvalue weighted by molar-refractivity contribution is 8.00. The molecule has 2 rings (SSSR count). The van der Waals surface area contributed by atoms with Crippen molar-refractivity contribution in [2.75, 3.05) is 19.3 Å². The van der Waals surface area contributed by atoms with Gasteiger partial charge in [0.25, 0.3) is 0 Å². The second-order valence-electron chi connectivity index (χ2n) is 4.17. The monoisotopic (exact) mass is 222 g/mol. The van der Waals surface area contributed by atoms with Crippen molar-refractivity contribution in [3.63, 3.8) is 0 Å². The standard InChI is InChI=1S/C12H18N2S/c1-15-12(5-6-12)10-14-9-4-11-2-7-13-8-3-11/h2-3,7-8,14H,4-6,9-10H2,1H3. The van der Waals surface area contributed by atoms with Gasteiger partial charge in [-0.25, -0.2) is 0 Å². The fourth-order valence-corrected chi connectivity index (χ4v) is 2.45. The first-order valence-corrected chi connectivity index (χ1v) is 6.72. The van der Waals surface area contributed by atoms with Crippen LogP contribution in [0.1, 0.15) is 18.4 Å². The lowest BCUT2D eigenvalue weighted by molar-refractivity contribution is 0.660. The molecule has 1 aromatic rings. The summed E-state index contributed by atoms with van der Waals surface area (Å²) in [6.45, 7) is 2.24. The summed E-state index contributed by atoms with van der Waals surface area (Å²) >= 11 is 2.01. The highest BCUT2D eigenvalue weighted by atomic mass is 32.2. The molecule has 2 nitrogen and oxygen atoms in total. The molecule has 0 spiro atoms. The van der Waals surface area contributed by atoms with Gasteiger partial charge in [-0.05, 0) is 49.8 Å². The molecule has 0 unspecified atom stereocenters. The van der Waals surface area contributed by atoms with Gasteiger partial charge in [-0.15, -0.1) is 0 Å². The predicted octanol–water partition coefficient (Wildman–Crippen LogP) is 2.11. The fraction of sp³-hybridized carbons (Fsp3) is 0.583. The van der Waals surface area contributed by atoms with Crippen LogP contribution in [0.25, 0.3) is 0 Å². The topological polar surface area (TPSA) is 24.9 Å². The lowest BCUT2D eigenvalue weighted by Crippen LogP contribution is -2.27. The Morgan fingerprint density at radius 3 is 2.73 bits per heavy atom. The highest BCUT2D eigenvalue weighted by Crippen LogP contribution is 2.46. The summed E-state index contributed by atoms with van der Waals surface area (Å²) in [7, 11) is 0. The van der Waals surface area contributed by atoms with E-state index in [1.165, 1.54) is 24.9 Å². The third-order valence-corrected chi connectivity index (χ3v) is 4.45. The summed E-state index contributed by atoms with van der Waals surface area (Å²) in [4.78, 5) is 4.01. The van der Waals surface area contributed by atoms with Crippen molar-refractivity contribution >= 4 is 11.8 Å². The third kappa shape index (κ3) is 3.21. The summed E-state index contributed by atoms with van der Waals surface area (Å²) in [5.74, 6) is 0. The van der Waals surface area contributed by atoms with Gasteiger partial charge in [0.15, 0.2) is 0 Å². The van der Waals surface area contributed by atoms with Crippen LogP contribution < -0.4 is 5.32 Å². The second kappa shape index (κ2) is 4.99. The average Bonchev–Trinajstić information content (AvgIpc) is 3.07. The number of hydrogen-bond acceptors (Lipinski definition) is 3. The molecule has 1 saturated carbocycles. The van der Waals surface area contributed by atoms with Crippen LogP contribution in [0.4, 0.5) is 0 Å². The number of pyridine rings is 1. The first-order valence-electron chi connectivity index (χ1n) is 5.49. The minimum Gasteiger partial charge on any atom is -0.315 e. The molecule has 1 fully saturated rings. The van der Waals surface area contributed by atoms with Gasteiger partial charge in [0.05, 0.1) is 0 Å². The van der Waals surface area contributed by atoms with Crippen molar-refractivity contribution in [3.8, 4) is 0 Å². The zero-order valence-electron chi connectivity index (χ0n) is 9.20. The van der Waals surface area contributed by atoms with Crippen molar-refractivity contribution in [2.24, 2.45) is 0 Å². The fourth-order valence-electron chi connectivity index (χ4n) is 1.69. The van der Waals surface area contributed by atoms with Gasteiger partial charge >= 0.3 is 0 Å². The van der Waals surface area contributed by atoms with E-state index in [-0.39, 0.29) is 0 Å². The molecular weight excluding hydrogens is 204 g/mol. The van der Waals surface area contributed by atoms with Crippen LogP contribution in [-0.2, 0) is 6.42 Å². The van der Waals surface area contributed by atoms with Gasteiger partial charge in [-0.2, -0.15) is 11.8 Å². The van der Waals surface area contributed by atoms with Gasteiger partial charge in [-0.3, -0.25) is 4.98 Å². The van der Waals surface area contributed by atoms with Crippen LogP contribution in [-0.4, -0.2) is 29.1 Å². The Kier molecular flexibility index (Phi) is 3.65. The molecule has 1 aliphatic carbocycles. The van der Waals surface area contributed by atoms with E-state index in [4.69, 9.17) is 0 Å². The predicted molar refractivity (Wildman–Crippen MR) is 66.3 cm³/mol. The number of rotatable bonds is 6. The minimum atomic E-state index is 0.582. The maximum atomic E-state index is 4.01. The first-order chi connectivity index (χ1) is 7.35. The van der Waals surface area contributed by atoms with Gasteiger partial charge < -0.3 is 5.32 Å². The molecule has 3 heteroatoms. The third-order valence-electron chi connectivity index (χ3n) is 3.03. The molecule has 0 atom stereocenters. The summed E-state index contributed by atoms with van der Waals surface area (Å²) in [6, 6.07) is 4.17. The molecule has 0 amide bonds. The molecule has 1 aliphatic rings. The quantitative estimate of drug-likeness (QED) is 0.746. The Morgan fingerprint density at radius 2 is 2.13 bits per heavy atom. The Morgan fingerprint density at radius 1 is 1.40 bits per heavy atom. The molecule has 0 saturated heterocycles. The van der Waals surface area contributed by atoms with Crippen LogP contribution in [0.2, 0.25) is 0 Å². The molecule has 0 bridgehead atoms. The summed E-state index contributed by atoms with van der Waals surface area (Å²) in [5.41, 5.74) is 1.37. The van der Waals surface area contributed by atoms with Crippen LogP contribution in [0.15, 0.2) is 24.5 Å². The molecule has 1 heterocycles. The van der Waals surface area contributed by atoms with E-state index >= 15 is 0 Å². The van der Waals surface area contributed by atoms with E-state index in [0.717, 1.165) is 13.0 Å². The second-order valence-corrected chi connectivity index (χ2v) is 5.44. The first kappa shape index (κ1) is 11.0. The van der Waals surface area contributed by atoms with Gasteiger partial charge in [0.2, 0.25) is 0 Å². The average molecular weight is 222 g/mol. The Bertz CT molecular complexity index is 296. The summed E-state index contributed by atoms with van der Waals surface area (Å²) in [6.07, 6.45) is 9.82. The number of thioether (sulfide) groups is 1. The molecule has 15 heavy (non-hydrogen) atoms. The van der Waals surface area contributed by atoms with Crippen LogP contribution in [0, 0.1) is 0 Å². The van der Waals surface area contributed by atoms with Crippen LogP contribution in [0.5, 0.6) is 0 Å². The lowest BCUT2D eigenvalue weighted by atomic mass is 10.2. The maximum Gasteiger partial charge on any atom is 0.0282 e. The lowest BCUT2D eigenvalue weighted by Gasteiger charge is -2.12. The molecule has 0 aliphatic heterocycles. The Hall–Kier alpha value is -0.540. The van der Waals surface area contributed by atoms with Gasteiger partial charge in [-0.1, -0.05) is 0 Å². The number of aromatic nitrogens is 1. The Balaban J connectivity index is 1.63. The molecule has 0 aromatic carbocycles. The van der Waals surface area contributed by atoms with Gasteiger partial charge in [0.1, 0.15) is 0 Å². The zero-order valence-corrected chi connectivity index (χ0v) is 10.0. The molecule has 1 aromatic heterocycles. The van der Waals surface area contributed by atoms with E-state index < -0.39 is 0 Å². The Labute approximate surface area is 95.9 Å². The van der Waals surface area contributed by atoms with Crippen molar-refractivity contribution in [2.45, 2.75) is 24.0 Å². The van der Waals surface area contributed by atoms with E-state index in [0.29, 0.717) is 4.75 Å². The van der Waals surface area contributed by atoms with E-state index in [1.54, 1.807) is 0 Å². The normalized spacial score (nSPS) is 17.7. The number of hydrogen-bond donors (Lipinski definition) is 1. The van der Waals surface area contributed by atoms with Crippen molar-refractivity contribution in [3.05, 3.63) is 30.1 Å². The SMILES string of the molecule is CSC1(CNCCc2ccncc2)CC1. The largest absolute Gasteiger partial charge is 0.315 e. The van der Waals surface area contributed by atoms with Gasteiger partial charge in [0, 0.05) is 23.7 Å². The molecule has 1 N–H and O–H groups in total. The highest BCUT2D eigenvalue weighted by Gasteiger charge is 2.41. The maximum absolute atomic E-state index is 4.01. The number of nitrogens with zero attached hydrogens (tertiary/aromatic N) is 1. The smallest absolute Gasteiger partial charge is 0.0282 e.